The molecule has 7 nitrogen and oxygen atoms in total. The Hall–Kier alpha value is -3.48. The van der Waals surface area contributed by atoms with Gasteiger partial charge in [-0.25, -0.2) is 0 Å². The van der Waals surface area contributed by atoms with E-state index >= 15 is 0 Å². The van der Waals surface area contributed by atoms with Gasteiger partial charge >= 0.3 is 5.97 Å². The zero-order valence-corrected chi connectivity index (χ0v) is 17.7. The topological polar surface area (TPSA) is 84.0 Å². The van der Waals surface area contributed by atoms with E-state index in [1.54, 1.807) is 29.2 Å². The number of rotatable bonds is 9. The predicted molar refractivity (Wildman–Crippen MR) is 114 cm³/mol. The number of hydrogen-bond acceptors (Lipinski definition) is 5. The average Bonchev–Trinajstić information content (AvgIpc) is 3.01. The lowest BCUT2D eigenvalue weighted by atomic mass is 10.1. The quantitative estimate of drug-likeness (QED) is 0.458. The van der Waals surface area contributed by atoms with Crippen LogP contribution in [0.2, 0.25) is 0 Å². The summed E-state index contributed by atoms with van der Waals surface area (Å²) in [6.07, 6.45) is 0.289. The molecule has 0 spiro atoms. The molecule has 2 aromatic carbocycles. The number of ether oxygens (including phenoxy) is 1. The van der Waals surface area contributed by atoms with Crippen molar-refractivity contribution in [3.63, 3.8) is 0 Å². The SMILES string of the molecule is CC(C)N(Cc1ccccc1)C(=O)COC(=O)CCCN1C(=O)c2ccccc2C1=O. The lowest BCUT2D eigenvalue weighted by Crippen LogP contribution is -2.39. The van der Waals surface area contributed by atoms with Gasteiger partial charge in [0.05, 0.1) is 11.1 Å². The van der Waals surface area contributed by atoms with Crippen molar-refractivity contribution < 1.29 is 23.9 Å². The monoisotopic (exact) mass is 422 g/mol. The van der Waals surface area contributed by atoms with Crippen molar-refractivity contribution in [3.8, 4) is 0 Å². The van der Waals surface area contributed by atoms with Crippen LogP contribution in [-0.2, 0) is 20.9 Å². The zero-order chi connectivity index (χ0) is 22.4. The van der Waals surface area contributed by atoms with Crippen LogP contribution < -0.4 is 0 Å². The summed E-state index contributed by atoms with van der Waals surface area (Å²) in [6.45, 7) is 4.04. The van der Waals surface area contributed by atoms with Gasteiger partial charge in [-0.1, -0.05) is 42.5 Å². The number of carbonyl (C=O) groups is 4. The van der Waals surface area contributed by atoms with Crippen LogP contribution in [0.15, 0.2) is 54.6 Å². The predicted octanol–water partition coefficient (Wildman–Crippen LogP) is 3.04. The molecule has 162 valence electrons. The Balaban J connectivity index is 1.44. The molecular weight excluding hydrogens is 396 g/mol. The summed E-state index contributed by atoms with van der Waals surface area (Å²) in [6, 6.07) is 16.2. The van der Waals surface area contributed by atoms with Gasteiger partial charge in [0.25, 0.3) is 17.7 Å². The molecule has 1 heterocycles. The number of fused-ring (bicyclic) bond motifs is 1. The first-order valence-electron chi connectivity index (χ1n) is 10.3. The number of imide groups is 1. The lowest BCUT2D eigenvalue weighted by Gasteiger charge is -2.26. The van der Waals surface area contributed by atoms with Crippen molar-refractivity contribution in [1.29, 1.82) is 0 Å². The zero-order valence-electron chi connectivity index (χ0n) is 17.7. The van der Waals surface area contributed by atoms with E-state index in [-0.39, 0.29) is 49.8 Å². The van der Waals surface area contributed by atoms with Crippen LogP contribution in [0, 0.1) is 0 Å². The van der Waals surface area contributed by atoms with Crippen molar-refractivity contribution in [2.24, 2.45) is 0 Å². The third-order valence-corrected chi connectivity index (χ3v) is 5.14. The molecule has 0 radical (unpaired) electrons. The molecule has 0 saturated heterocycles. The van der Waals surface area contributed by atoms with Crippen molar-refractivity contribution in [2.75, 3.05) is 13.2 Å². The Bertz CT molecular complexity index is 936. The van der Waals surface area contributed by atoms with Gasteiger partial charge in [0.1, 0.15) is 0 Å². The highest BCUT2D eigenvalue weighted by atomic mass is 16.5. The van der Waals surface area contributed by atoms with Crippen LogP contribution in [0.5, 0.6) is 0 Å². The molecule has 0 unspecified atom stereocenters. The van der Waals surface area contributed by atoms with Crippen molar-refractivity contribution >= 4 is 23.7 Å². The summed E-state index contributed by atoms with van der Waals surface area (Å²) in [7, 11) is 0. The van der Waals surface area contributed by atoms with Crippen LogP contribution in [0.25, 0.3) is 0 Å². The minimum absolute atomic E-state index is 0.0149. The van der Waals surface area contributed by atoms with E-state index in [4.69, 9.17) is 4.74 Å². The van der Waals surface area contributed by atoms with Gasteiger partial charge in [-0.15, -0.1) is 0 Å². The maximum absolute atomic E-state index is 12.5. The van der Waals surface area contributed by atoms with Gasteiger partial charge in [-0.05, 0) is 38.0 Å². The largest absolute Gasteiger partial charge is 0.456 e. The van der Waals surface area contributed by atoms with E-state index in [1.165, 1.54) is 0 Å². The highest BCUT2D eigenvalue weighted by Crippen LogP contribution is 2.22. The smallest absolute Gasteiger partial charge is 0.306 e. The maximum atomic E-state index is 12.5. The minimum atomic E-state index is -0.534. The Morgan fingerprint density at radius 3 is 2.10 bits per heavy atom. The fraction of sp³-hybridized carbons (Fsp3) is 0.333. The molecule has 3 amide bonds. The van der Waals surface area contributed by atoms with Crippen molar-refractivity contribution in [2.45, 2.75) is 39.3 Å². The molecule has 2 aromatic rings. The highest BCUT2D eigenvalue weighted by molar-refractivity contribution is 6.21. The van der Waals surface area contributed by atoms with E-state index in [0.29, 0.717) is 17.7 Å². The third kappa shape index (κ3) is 5.36. The molecule has 0 bridgehead atoms. The van der Waals surface area contributed by atoms with Gasteiger partial charge < -0.3 is 9.64 Å². The van der Waals surface area contributed by atoms with Crippen LogP contribution in [0.1, 0.15) is 53.0 Å². The maximum Gasteiger partial charge on any atom is 0.306 e. The van der Waals surface area contributed by atoms with Crippen LogP contribution in [-0.4, -0.2) is 52.7 Å². The number of benzene rings is 2. The van der Waals surface area contributed by atoms with E-state index in [0.717, 1.165) is 10.5 Å². The number of hydrogen-bond donors (Lipinski definition) is 0. The molecule has 0 aliphatic carbocycles. The van der Waals surface area contributed by atoms with Gasteiger partial charge in [0.2, 0.25) is 0 Å². The lowest BCUT2D eigenvalue weighted by molar-refractivity contribution is -0.153. The number of carbonyl (C=O) groups excluding carboxylic acids is 4. The Morgan fingerprint density at radius 2 is 1.52 bits per heavy atom. The van der Waals surface area contributed by atoms with E-state index in [2.05, 4.69) is 0 Å². The van der Waals surface area contributed by atoms with E-state index in [9.17, 15) is 19.2 Å². The average molecular weight is 422 g/mol. The second-order valence-corrected chi connectivity index (χ2v) is 7.67. The summed E-state index contributed by atoms with van der Waals surface area (Å²) < 4.78 is 5.13. The van der Waals surface area contributed by atoms with Crippen LogP contribution >= 0.6 is 0 Å². The second-order valence-electron chi connectivity index (χ2n) is 7.67. The minimum Gasteiger partial charge on any atom is -0.456 e. The molecule has 0 fully saturated rings. The second kappa shape index (κ2) is 10.0. The Labute approximate surface area is 181 Å². The van der Waals surface area contributed by atoms with Gasteiger partial charge in [0.15, 0.2) is 6.61 Å². The molecule has 0 N–H and O–H groups in total. The summed E-state index contributed by atoms with van der Waals surface area (Å²) in [5.41, 5.74) is 1.76. The fourth-order valence-corrected chi connectivity index (χ4v) is 3.46. The van der Waals surface area contributed by atoms with Gasteiger partial charge in [0, 0.05) is 25.6 Å². The van der Waals surface area contributed by atoms with Crippen molar-refractivity contribution in [1.82, 2.24) is 9.80 Å². The molecular formula is C24H26N2O5. The highest BCUT2D eigenvalue weighted by Gasteiger charge is 2.34. The molecule has 31 heavy (non-hydrogen) atoms. The first-order valence-corrected chi connectivity index (χ1v) is 10.3. The summed E-state index contributed by atoms with van der Waals surface area (Å²) in [4.78, 5) is 52.1. The normalized spacial score (nSPS) is 12.8. The first kappa shape index (κ1) is 22.2. The molecule has 0 aromatic heterocycles. The van der Waals surface area contributed by atoms with Gasteiger partial charge in [-0.3, -0.25) is 24.1 Å². The molecule has 3 rings (SSSR count). The summed E-state index contributed by atoms with van der Waals surface area (Å²) >= 11 is 0. The fourth-order valence-electron chi connectivity index (χ4n) is 3.46. The summed E-state index contributed by atoms with van der Waals surface area (Å²) in [5.74, 6) is -1.50. The molecule has 1 aliphatic rings. The molecule has 1 aliphatic heterocycles. The van der Waals surface area contributed by atoms with Crippen LogP contribution in [0.4, 0.5) is 0 Å². The molecule has 0 atom stereocenters. The molecule has 7 heteroatoms. The van der Waals surface area contributed by atoms with E-state index < -0.39 is 5.97 Å². The standard InChI is InChI=1S/C24H26N2O5/c1-17(2)26(15-18-9-4-3-5-10-18)21(27)16-31-22(28)13-8-14-25-23(29)19-11-6-7-12-20(19)24(25)30/h3-7,9-12,17H,8,13-16H2,1-2H3. The van der Waals surface area contributed by atoms with E-state index in [1.807, 2.05) is 44.2 Å². The Morgan fingerprint density at radius 1 is 0.935 bits per heavy atom. The number of amides is 3. The summed E-state index contributed by atoms with van der Waals surface area (Å²) in [5, 5.41) is 0. The van der Waals surface area contributed by atoms with Gasteiger partial charge in [-0.2, -0.15) is 0 Å². The number of esters is 1. The van der Waals surface area contributed by atoms with Crippen molar-refractivity contribution in [3.05, 3.63) is 71.3 Å². The Kier molecular flexibility index (Phi) is 7.18. The number of nitrogens with zero attached hydrogens (tertiary/aromatic N) is 2. The first-order chi connectivity index (χ1) is 14.9. The third-order valence-electron chi connectivity index (χ3n) is 5.14. The molecule has 0 saturated carbocycles. The van der Waals surface area contributed by atoms with Crippen LogP contribution in [0.3, 0.4) is 0 Å².